The molecule has 1 aliphatic heterocycles. The Balaban J connectivity index is 1.87. The van der Waals surface area contributed by atoms with Crippen LogP contribution in [0.1, 0.15) is 29.4 Å². The van der Waals surface area contributed by atoms with Gasteiger partial charge in [0.1, 0.15) is 0 Å². The van der Waals surface area contributed by atoms with Gasteiger partial charge in [-0.05, 0) is 31.2 Å². The molecule has 0 bridgehead atoms. The predicted molar refractivity (Wildman–Crippen MR) is 77.7 cm³/mol. The van der Waals surface area contributed by atoms with Crippen molar-refractivity contribution in [3.63, 3.8) is 0 Å². The minimum atomic E-state index is -0.671. The maximum Gasteiger partial charge on any atom is 0.264 e. The van der Waals surface area contributed by atoms with Gasteiger partial charge in [-0.25, -0.2) is 0 Å². The summed E-state index contributed by atoms with van der Waals surface area (Å²) >= 11 is 1.37. The van der Waals surface area contributed by atoms with E-state index in [-0.39, 0.29) is 18.4 Å². The molecule has 1 fully saturated rings. The van der Waals surface area contributed by atoms with Crippen molar-refractivity contribution in [2.45, 2.75) is 25.4 Å². The zero-order valence-electron chi connectivity index (χ0n) is 11.8. The summed E-state index contributed by atoms with van der Waals surface area (Å²) in [7, 11) is 1.64. The molecule has 2 amide bonds. The number of piperidine rings is 1. The van der Waals surface area contributed by atoms with Crippen LogP contribution in [0.2, 0.25) is 0 Å². The van der Waals surface area contributed by atoms with Gasteiger partial charge in [-0.1, -0.05) is 6.07 Å². The molecule has 6 heteroatoms. The molecular formula is C14H20N2O3S. The maximum absolute atomic E-state index is 12.1. The Morgan fingerprint density at radius 1 is 1.45 bits per heavy atom. The highest BCUT2D eigenvalue weighted by Crippen LogP contribution is 2.21. The first-order chi connectivity index (χ1) is 9.39. The zero-order valence-corrected chi connectivity index (χ0v) is 12.7. The second kappa shape index (κ2) is 5.93. The number of likely N-dealkylation sites (N-methyl/N-ethyl adjacent to an activating group) is 1. The van der Waals surface area contributed by atoms with E-state index in [0.717, 1.165) is 0 Å². The Hall–Kier alpha value is -1.40. The van der Waals surface area contributed by atoms with E-state index in [4.69, 9.17) is 0 Å². The molecule has 0 aromatic carbocycles. The van der Waals surface area contributed by atoms with Gasteiger partial charge in [0.25, 0.3) is 5.91 Å². The fourth-order valence-corrected chi connectivity index (χ4v) is 2.92. The monoisotopic (exact) mass is 296 g/mol. The SMILES string of the molecule is CN(CC(=O)N1CCC(C)(O)CC1)C(=O)c1cccs1. The molecule has 1 aromatic rings. The molecule has 1 N–H and O–H groups in total. The van der Waals surface area contributed by atoms with Crippen LogP contribution >= 0.6 is 11.3 Å². The number of hydrogen-bond donors (Lipinski definition) is 1. The predicted octanol–water partition coefficient (Wildman–Crippen LogP) is 1.19. The molecule has 1 aromatic heterocycles. The van der Waals surface area contributed by atoms with E-state index < -0.39 is 5.60 Å². The molecule has 0 radical (unpaired) electrons. The van der Waals surface area contributed by atoms with Crippen molar-refractivity contribution in [2.24, 2.45) is 0 Å². The largest absolute Gasteiger partial charge is 0.390 e. The number of amides is 2. The summed E-state index contributed by atoms with van der Waals surface area (Å²) in [5.74, 6) is -0.190. The van der Waals surface area contributed by atoms with Crippen molar-refractivity contribution in [2.75, 3.05) is 26.7 Å². The second-order valence-electron chi connectivity index (χ2n) is 5.52. The van der Waals surface area contributed by atoms with Crippen LogP contribution in [-0.4, -0.2) is 59.0 Å². The summed E-state index contributed by atoms with van der Waals surface area (Å²) in [6.45, 7) is 2.97. The third-order valence-electron chi connectivity index (χ3n) is 3.64. The van der Waals surface area contributed by atoms with E-state index in [9.17, 15) is 14.7 Å². The molecule has 1 saturated heterocycles. The molecule has 0 aliphatic carbocycles. The Labute approximate surface area is 122 Å². The van der Waals surface area contributed by atoms with Crippen LogP contribution in [0.3, 0.4) is 0 Å². The first kappa shape index (κ1) is 15.0. The number of rotatable bonds is 3. The number of likely N-dealkylation sites (tertiary alicyclic amines) is 1. The van der Waals surface area contributed by atoms with Gasteiger partial charge in [0.15, 0.2) is 0 Å². The lowest BCUT2D eigenvalue weighted by molar-refractivity contribution is -0.135. The van der Waals surface area contributed by atoms with Gasteiger partial charge in [-0.15, -0.1) is 11.3 Å². The van der Waals surface area contributed by atoms with E-state index in [1.807, 2.05) is 11.4 Å². The van der Waals surface area contributed by atoms with Gasteiger partial charge in [0.2, 0.25) is 5.91 Å². The number of aliphatic hydroxyl groups is 1. The molecule has 5 nitrogen and oxygen atoms in total. The number of thiophene rings is 1. The lowest BCUT2D eigenvalue weighted by Gasteiger charge is -2.36. The summed E-state index contributed by atoms with van der Waals surface area (Å²) in [6, 6.07) is 3.58. The average molecular weight is 296 g/mol. The fraction of sp³-hybridized carbons (Fsp3) is 0.571. The van der Waals surface area contributed by atoms with Gasteiger partial charge in [-0.2, -0.15) is 0 Å². The van der Waals surface area contributed by atoms with Crippen molar-refractivity contribution < 1.29 is 14.7 Å². The van der Waals surface area contributed by atoms with Crippen LogP contribution < -0.4 is 0 Å². The van der Waals surface area contributed by atoms with E-state index in [1.54, 1.807) is 24.9 Å². The fourth-order valence-electron chi connectivity index (χ4n) is 2.20. The zero-order chi connectivity index (χ0) is 14.8. The van der Waals surface area contributed by atoms with Gasteiger partial charge in [0.05, 0.1) is 17.0 Å². The van der Waals surface area contributed by atoms with Crippen LogP contribution in [0.25, 0.3) is 0 Å². The van der Waals surface area contributed by atoms with E-state index >= 15 is 0 Å². The van der Waals surface area contributed by atoms with E-state index in [2.05, 4.69) is 0 Å². The third-order valence-corrected chi connectivity index (χ3v) is 4.50. The molecule has 0 spiro atoms. The second-order valence-corrected chi connectivity index (χ2v) is 6.46. The Bertz CT molecular complexity index is 475. The number of carbonyl (C=O) groups excluding carboxylic acids is 2. The van der Waals surface area contributed by atoms with E-state index in [0.29, 0.717) is 30.8 Å². The lowest BCUT2D eigenvalue weighted by atomic mass is 9.94. The summed E-state index contributed by atoms with van der Waals surface area (Å²) in [5.41, 5.74) is -0.671. The smallest absolute Gasteiger partial charge is 0.264 e. The molecule has 1 aliphatic rings. The summed E-state index contributed by atoms with van der Waals surface area (Å²) in [4.78, 5) is 28.0. The van der Waals surface area contributed by atoms with Gasteiger partial charge in [0, 0.05) is 20.1 Å². The quantitative estimate of drug-likeness (QED) is 0.911. The van der Waals surface area contributed by atoms with Crippen LogP contribution in [0.4, 0.5) is 0 Å². The first-order valence-electron chi connectivity index (χ1n) is 6.68. The maximum atomic E-state index is 12.1. The lowest BCUT2D eigenvalue weighted by Crippen LogP contribution is -2.48. The summed E-state index contributed by atoms with van der Waals surface area (Å²) in [5, 5.41) is 11.7. The Kier molecular flexibility index (Phi) is 4.45. The minimum Gasteiger partial charge on any atom is -0.390 e. The first-order valence-corrected chi connectivity index (χ1v) is 7.56. The topological polar surface area (TPSA) is 60.9 Å². The molecule has 0 atom stereocenters. The molecule has 2 rings (SSSR count). The highest BCUT2D eigenvalue weighted by atomic mass is 32.1. The minimum absolute atomic E-state index is 0.0621. The highest BCUT2D eigenvalue weighted by molar-refractivity contribution is 7.12. The highest BCUT2D eigenvalue weighted by Gasteiger charge is 2.30. The van der Waals surface area contributed by atoms with Crippen molar-refractivity contribution in [1.82, 2.24) is 9.80 Å². The van der Waals surface area contributed by atoms with Crippen molar-refractivity contribution >= 4 is 23.2 Å². The third kappa shape index (κ3) is 3.58. The van der Waals surface area contributed by atoms with Crippen molar-refractivity contribution in [3.05, 3.63) is 22.4 Å². The van der Waals surface area contributed by atoms with Gasteiger partial charge < -0.3 is 14.9 Å². The normalized spacial score (nSPS) is 17.9. The molecule has 0 saturated carbocycles. The summed E-state index contributed by atoms with van der Waals surface area (Å²) in [6.07, 6.45) is 1.17. The van der Waals surface area contributed by atoms with Crippen LogP contribution in [0.15, 0.2) is 17.5 Å². The molecular weight excluding hydrogens is 276 g/mol. The molecule has 0 unspecified atom stereocenters. The van der Waals surface area contributed by atoms with Gasteiger partial charge >= 0.3 is 0 Å². The molecule has 2 heterocycles. The number of hydrogen-bond acceptors (Lipinski definition) is 4. The summed E-state index contributed by atoms with van der Waals surface area (Å²) < 4.78 is 0. The average Bonchev–Trinajstić information content (AvgIpc) is 2.91. The van der Waals surface area contributed by atoms with Gasteiger partial charge in [-0.3, -0.25) is 9.59 Å². The van der Waals surface area contributed by atoms with E-state index in [1.165, 1.54) is 16.2 Å². The Morgan fingerprint density at radius 2 is 2.10 bits per heavy atom. The van der Waals surface area contributed by atoms with Crippen LogP contribution in [0.5, 0.6) is 0 Å². The molecule has 20 heavy (non-hydrogen) atoms. The number of nitrogens with zero attached hydrogens (tertiary/aromatic N) is 2. The molecule has 110 valence electrons. The standard InChI is InChI=1S/C14H20N2O3S/c1-14(19)5-7-16(8-6-14)12(17)10-15(2)13(18)11-4-3-9-20-11/h3-4,9,19H,5-8,10H2,1-2H3. The number of carbonyl (C=O) groups is 2. The van der Waals surface area contributed by atoms with Crippen LogP contribution in [-0.2, 0) is 4.79 Å². The van der Waals surface area contributed by atoms with Crippen molar-refractivity contribution in [3.8, 4) is 0 Å². The van der Waals surface area contributed by atoms with Crippen LogP contribution in [0, 0.1) is 0 Å². The Morgan fingerprint density at radius 3 is 2.65 bits per heavy atom. The van der Waals surface area contributed by atoms with Crippen molar-refractivity contribution in [1.29, 1.82) is 0 Å².